The third-order valence-electron chi connectivity index (χ3n) is 2.71. The molecule has 0 spiro atoms. The second kappa shape index (κ2) is 5.15. The highest BCUT2D eigenvalue weighted by atomic mass is 32.1. The van der Waals surface area contributed by atoms with Gasteiger partial charge in [-0.15, -0.1) is 0 Å². The number of carbonyl (C=O) groups excluding carboxylic acids is 1. The van der Waals surface area contributed by atoms with Crippen LogP contribution in [0.15, 0.2) is 41.1 Å². The first-order chi connectivity index (χ1) is 8.16. The molecule has 0 unspecified atom stereocenters. The Labute approximate surface area is 106 Å². The lowest BCUT2D eigenvalue weighted by Gasteiger charge is -2.18. The predicted octanol–water partition coefficient (Wildman–Crippen LogP) is 3.59. The van der Waals surface area contributed by atoms with Crippen LogP contribution in [-0.4, -0.2) is 12.8 Å². The van der Waals surface area contributed by atoms with E-state index in [1.807, 2.05) is 24.3 Å². The van der Waals surface area contributed by atoms with Crippen molar-refractivity contribution in [2.75, 3.05) is 11.9 Å². The average Bonchev–Trinajstić information content (AvgIpc) is 2.82. The molecule has 0 radical (unpaired) electrons. The molecule has 2 rings (SSSR count). The molecule has 0 amide bonds. The van der Waals surface area contributed by atoms with Crippen LogP contribution in [-0.2, 0) is 6.54 Å². The minimum atomic E-state index is 0.108. The van der Waals surface area contributed by atoms with Crippen LogP contribution in [0.4, 0.5) is 5.69 Å². The molecule has 2 aromatic rings. The highest BCUT2D eigenvalue weighted by Crippen LogP contribution is 2.17. The van der Waals surface area contributed by atoms with E-state index in [4.69, 9.17) is 0 Å². The highest BCUT2D eigenvalue weighted by Gasteiger charge is 2.04. The van der Waals surface area contributed by atoms with E-state index >= 15 is 0 Å². The molecule has 2 nitrogen and oxygen atoms in total. The summed E-state index contributed by atoms with van der Waals surface area (Å²) in [5.74, 6) is 0.108. The summed E-state index contributed by atoms with van der Waals surface area (Å²) in [5.41, 5.74) is 3.20. The number of thiophene rings is 1. The summed E-state index contributed by atoms with van der Waals surface area (Å²) in [6, 6.07) is 9.86. The van der Waals surface area contributed by atoms with Crippen LogP contribution >= 0.6 is 11.3 Å². The summed E-state index contributed by atoms with van der Waals surface area (Å²) in [6.07, 6.45) is 0. The van der Waals surface area contributed by atoms with Gasteiger partial charge in [0.2, 0.25) is 0 Å². The zero-order chi connectivity index (χ0) is 12.3. The summed E-state index contributed by atoms with van der Waals surface area (Å²) in [7, 11) is 2.06. The van der Waals surface area contributed by atoms with Crippen molar-refractivity contribution in [1.82, 2.24) is 0 Å². The van der Waals surface area contributed by atoms with Gasteiger partial charge in [-0.2, -0.15) is 11.3 Å². The fraction of sp³-hybridized carbons (Fsp3) is 0.214. The molecule has 0 aliphatic rings. The van der Waals surface area contributed by atoms with E-state index in [0.29, 0.717) is 0 Å². The van der Waals surface area contributed by atoms with Crippen molar-refractivity contribution in [2.45, 2.75) is 13.5 Å². The van der Waals surface area contributed by atoms with Crippen LogP contribution in [0.1, 0.15) is 22.8 Å². The maximum atomic E-state index is 11.2. The monoisotopic (exact) mass is 245 g/mol. The second-order valence-corrected chi connectivity index (χ2v) is 4.87. The van der Waals surface area contributed by atoms with E-state index in [9.17, 15) is 4.79 Å². The lowest BCUT2D eigenvalue weighted by molar-refractivity contribution is 0.101. The molecular weight excluding hydrogens is 230 g/mol. The average molecular weight is 245 g/mol. The van der Waals surface area contributed by atoms with Crippen LogP contribution in [0.25, 0.3) is 0 Å². The van der Waals surface area contributed by atoms with Crippen molar-refractivity contribution in [2.24, 2.45) is 0 Å². The number of Topliss-reactive ketones (excluding diaryl/α,β-unsaturated/α-hetero) is 1. The molecule has 3 heteroatoms. The zero-order valence-electron chi connectivity index (χ0n) is 10.0. The number of carbonyl (C=O) groups is 1. The van der Waals surface area contributed by atoms with Gasteiger partial charge in [0.1, 0.15) is 0 Å². The number of benzene rings is 1. The second-order valence-electron chi connectivity index (χ2n) is 4.09. The molecule has 0 fully saturated rings. The number of anilines is 1. The molecule has 0 bridgehead atoms. The summed E-state index contributed by atoms with van der Waals surface area (Å²) < 4.78 is 0. The van der Waals surface area contributed by atoms with E-state index in [1.54, 1.807) is 18.3 Å². The van der Waals surface area contributed by atoms with Crippen molar-refractivity contribution >= 4 is 22.8 Å². The zero-order valence-corrected chi connectivity index (χ0v) is 10.8. The Kier molecular flexibility index (Phi) is 3.59. The molecule has 0 saturated heterocycles. The van der Waals surface area contributed by atoms with E-state index in [-0.39, 0.29) is 5.78 Å². The van der Waals surface area contributed by atoms with Crippen molar-refractivity contribution in [3.63, 3.8) is 0 Å². The van der Waals surface area contributed by atoms with Gasteiger partial charge in [0.25, 0.3) is 0 Å². The van der Waals surface area contributed by atoms with Gasteiger partial charge in [0.05, 0.1) is 0 Å². The smallest absolute Gasteiger partial charge is 0.159 e. The van der Waals surface area contributed by atoms with E-state index in [1.165, 1.54) is 5.56 Å². The lowest BCUT2D eigenvalue weighted by Crippen LogP contribution is -2.15. The SMILES string of the molecule is CC(=O)c1ccc(N(C)Cc2ccsc2)cc1. The molecule has 1 heterocycles. The van der Waals surface area contributed by atoms with Gasteiger partial charge in [-0.05, 0) is 53.6 Å². The maximum absolute atomic E-state index is 11.2. The molecular formula is C14H15NOS. The molecule has 0 atom stereocenters. The fourth-order valence-electron chi connectivity index (χ4n) is 1.70. The Morgan fingerprint density at radius 3 is 2.47 bits per heavy atom. The number of hydrogen-bond acceptors (Lipinski definition) is 3. The standard InChI is InChI=1S/C14H15NOS/c1-11(16)13-3-5-14(6-4-13)15(2)9-12-7-8-17-10-12/h3-8,10H,9H2,1-2H3. The minimum Gasteiger partial charge on any atom is -0.370 e. The summed E-state index contributed by atoms with van der Waals surface area (Å²) in [6.45, 7) is 2.48. The highest BCUT2D eigenvalue weighted by molar-refractivity contribution is 7.07. The summed E-state index contributed by atoms with van der Waals surface area (Å²) in [5, 5.41) is 4.24. The van der Waals surface area contributed by atoms with Crippen LogP contribution < -0.4 is 4.90 Å². The molecule has 0 aliphatic carbocycles. The van der Waals surface area contributed by atoms with Crippen LogP contribution in [0.5, 0.6) is 0 Å². The van der Waals surface area contributed by atoms with E-state index in [2.05, 4.69) is 28.8 Å². The molecule has 0 aliphatic heterocycles. The van der Waals surface area contributed by atoms with E-state index < -0.39 is 0 Å². The summed E-state index contributed by atoms with van der Waals surface area (Å²) >= 11 is 1.71. The van der Waals surface area contributed by atoms with E-state index in [0.717, 1.165) is 17.8 Å². The predicted molar refractivity (Wildman–Crippen MR) is 72.9 cm³/mol. The quantitative estimate of drug-likeness (QED) is 0.767. The fourth-order valence-corrected chi connectivity index (χ4v) is 2.36. The Morgan fingerprint density at radius 1 is 1.24 bits per heavy atom. The Hall–Kier alpha value is -1.61. The maximum Gasteiger partial charge on any atom is 0.159 e. The van der Waals surface area contributed by atoms with Crippen molar-refractivity contribution in [3.8, 4) is 0 Å². The van der Waals surface area contributed by atoms with Gasteiger partial charge in [0, 0.05) is 24.8 Å². The first-order valence-corrected chi connectivity index (χ1v) is 6.44. The van der Waals surface area contributed by atoms with Crippen LogP contribution in [0, 0.1) is 0 Å². The van der Waals surface area contributed by atoms with Gasteiger partial charge in [-0.3, -0.25) is 4.79 Å². The summed E-state index contributed by atoms with van der Waals surface area (Å²) in [4.78, 5) is 13.3. The molecule has 1 aromatic heterocycles. The molecule has 1 aromatic carbocycles. The third-order valence-corrected chi connectivity index (χ3v) is 3.45. The normalized spacial score (nSPS) is 10.2. The van der Waals surface area contributed by atoms with Crippen molar-refractivity contribution in [3.05, 3.63) is 52.2 Å². The minimum absolute atomic E-state index is 0.108. The van der Waals surface area contributed by atoms with Crippen molar-refractivity contribution < 1.29 is 4.79 Å². The Morgan fingerprint density at radius 2 is 1.94 bits per heavy atom. The number of rotatable bonds is 4. The van der Waals surface area contributed by atoms with Gasteiger partial charge in [0.15, 0.2) is 5.78 Å². The van der Waals surface area contributed by atoms with Gasteiger partial charge in [-0.1, -0.05) is 0 Å². The largest absolute Gasteiger partial charge is 0.370 e. The number of hydrogen-bond donors (Lipinski definition) is 0. The van der Waals surface area contributed by atoms with Gasteiger partial charge >= 0.3 is 0 Å². The van der Waals surface area contributed by atoms with Crippen molar-refractivity contribution in [1.29, 1.82) is 0 Å². The molecule has 88 valence electrons. The molecule has 0 N–H and O–H groups in total. The Balaban J connectivity index is 2.09. The molecule has 0 saturated carbocycles. The Bertz CT molecular complexity index is 487. The topological polar surface area (TPSA) is 20.3 Å². The molecule has 17 heavy (non-hydrogen) atoms. The first-order valence-electron chi connectivity index (χ1n) is 5.50. The van der Waals surface area contributed by atoms with Crippen LogP contribution in [0.2, 0.25) is 0 Å². The van der Waals surface area contributed by atoms with Crippen LogP contribution in [0.3, 0.4) is 0 Å². The third kappa shape index (κ3) is 2.94. The first kappa shape index (κ1) is 11.9. The van der Waals surface area contributed by atoms with Gasteiger partial charge in [-0.25, -0.2) is 0 Å². The number of ketones is 1. The van der Waals surface area contributed by atoms with Gasteiger partial charge < -0.3 is 4.90 Å². The number of nitrogens with zero attached hydrogens (tertiary/aromatic N) is 1. The lowest BCUT2D eigenvalue weighted by atomic mass is 10.1.